The zero-order valence-corrected chi connectivity index (χ0v) is 18.1. The Morgan fingerprint density at radius 1 is 1.09 bits per heavy atom. The molecule has 1 fully saturated rings. The molecule has 164 valence electrons. The number of aromatic nitrogens is 5. The second kappa shape index (κ2) is 8.23. The molecule has 5 rings (SSSR count). The number of likely N-dealkylation sites (tertiary alicyclic amines) is 1. The van der Waals surface area contributed by atoms with Crippen LogP contribution in [0.3, 0.4) is 0 Å². The van der Waals surface area contributed by atoms with E-state index in [1.54, 1.807) is 9.42 Å². The molecule has 32 heavy (non-hydrogen) atoms. The van der Waals surface area contributed by atoms with Gasteiger partial charge in [0.1, 0.15) is 11.3 Å². The van der Waals surface area contributed by atoms with Crippen molar-refractivity contribution < 1.29 is 9.59 Å². The summed E-state index contributed by atoms with van der Waals surface area (Å²) in [6.07, 6.45) is 5.78. The Balaban J connectivity index is 1.32. The minimum absolute atomic E-state index is 0.0557. The van der Waals surface area contributed by atoms with E-state index in [0.29, 0.717) is 49.4 Å². The molecule has 1 saturated heterocycles. The third-order valence-electron chi connectivity index (χ3n) is 6.04. The fraction of sp³-hybridized carbons (Fsp3) is 0.318. The summed E-state index contributed by atoms with van der Waals surface area (Å²) in [5.41, 5.74) is 8.66. The van der Waals surface area contributed by atoms with Crippen LogP contribution in [0.4, 0.5) is 0 Å². The summed E-state index contributed by atoms with van der Waals surface area (Å²) in [5, 5.41) is 14.0. The number of benzene rings is 1. The summed E-state index contributed by atoms with van der Waals surface area (Å²) >= 11 is 5.99. The molecular weight excluding hydrogens is 430 g/mol. The van der Waals surface area contributed by atoms with Gasteiger partial charge >= 0.3 is 0 Å². The Kier molecular flexibility index (Phi) is 5.26. The Hall–Kier alpha value is -3.46. The van der Waals surface area contributed by atoms with Gasteiger partial charge in [-0.2, -0.15) is 5.10 Å². The Labute approximate surface area is 188 Å². The molecule has 0 atom stereocenters. The van der Waals surface area contributed by atoms with Crippen LogP contribution in [0.1, 0.15) is 25.1 Å². The Morgan fingerprint density at radius 2 is 1.84 bits per heavy atom. The predicted octanol–water partition coefficient (Wildman–Crippen LogP) is 2.35. The number of amides is 2. The number of carbonyl (C=O) groups excluding carboxylic acids is 2. The van der Waals surface area contributed by atoms with E-state index in [0.717, 1.165) is 22.6 Å². The summed E-state index contributed by atoms with van der Waals surface area (Å²) < 4.78 is 3.67. The molecule has 4 aromatic rings. The van der Waals surface area contributed by atoms with Gasteiger partial charge in [-0.05, 0) is 31.0 Å². The number of hydrogen-bond donors (Lipinski definition) is 1. The molecule has 0 saturated carbocycles. The van der Waals surface area contributed by atoms with Gasteiger partial charge in [-0.15, -0.1) is 10.2 Å². The molecule has 2 amide bonds. The van der Waals surface area contributed by atoms with E-state index >= 15 is 0 Å². The number of carbonyl (C=O) groups is 2. The van der Waals surface area contributed by atoms with Gasteiger partial charge < -0.3 is 10.6 Å². The topological polar surface area (TPSA) is 111 Å². The molecule has 9 nitrogen and oxygen atoms in total. The lowest BCUT2D eigenvalue weighted by Crippen LogP contribution is -2.41. The quantitative estimate of drug-likeness (QED) is 0.500. The smallest absolute Gasteiger partial charge is 0.223 e. The van der Waals surface area contributed by atoms with Crippen LogP contribution in [0.15, 0.2) is 42.7 Å². The number of halogens is 1. The normalized spacial score (nSPS) is 15.0. The van der Waals surface area contributed by atoms with Gasteiger partial charge in [0, 0.05) is 54.8 Å². The first-order valence-corrected chi connectivity index (χ1v) is 10.9. The standard InChI is InChI=1S/C22H22ClN7O2/c23-16-3-1-14(2-4-16)17-13-18-22-26-25-19(29(22)11-12-30(18)27-17)5-6-20(31)28-9-7-15(8-10-28)21(24)32/h1-4,11-13,15H,5-10H2,(H2,24,32). The van der Waals surface area contributed by atoms with Crippen molar-refractivity contribution in [2.24, 2.45) is 11.7 Å². The number of fused-ring (bicyclic) bond motifs is 3. The van der Waals surface area contributed by atoms with Crippen molar-refractivity contribution in [3.63, 3.8) is 0 Å². The zero-order valence-electron chi connectivity index (χ0n) is 17.3. The first kappa shape index (κ1) is 20.4. The van der Waals surface area contributed by atoms with Crippen LogP contribution in [0.5, 0.6) is 0 Å². The lowest BCUT2D eigenvalue weighted by molar-refractivity contribution is -0.134. The number of nitrogens with zero attached hydrogens (tertiary/aromatic N) is 6. The minimum atomic E-state index is -0.280. The van der Waals surface area contributed by atoms with E-state index in [4.69, 9.17) is 17.3 Å². The van der Waals surface area contributed by atoms with Crippen molar-refractivity contribution in [2.45, 2.75) is 25.7 Å². The molecule has 0 spiro atoms. The Bertz CT molecular complexity index is 1300. The number of hydrogen-bond acceptors (Lipinski definition) is 5. The van der Waals surface area contributed by atoms with Gasteiger partial charge in [0.25, 0.3) is 0 Å². The number of aryl methyl sites for hydroxylation is 1. The zero-order chi connectivity index (χ0) is 22.2. The van der Waals surface area contributed by atoms with E-state index in [1.165, 1.54) is 0 Å². The molecule has 0 aliphatic carbocycles. The highest BCUT2D eigenvalue weighted by Gasteiger charge is 2.26. The van der Waals surface area contributed by atoms with Gasteiger partial charge in [0.15, 0.2) is 5.65 Å². The van der Waals surface area contributed by atoms with Crippen molar-refractivity contribution >= 4 is 34.6 Å². The highest BCUT2D eigenvalue weighted by molar-refractivity contribution is 6.30. The van der Waals surface area contributed by atoms with Gasteiger partial charge in [-0.25, -0.2) is 4.52 Å². The van der Waals surface area contributed by atoms with Crippen LogP contribution in [0.25, 0.3) is 22.4 Å². The molecule has 0 unspecified atom stereocenters. The maximum atomic E-state index is 12.6. The van der Waals surface area contributed by atoms with E-state index in [1.807, 2.05) is 47.1 Å². The maximum absolute atomic E-state index is 12.6. The van der Waals surface area contributed by atoms with Crippen LogP contribution in [-0.2, 0) is 16.0 Å². The highest BCUT2D eigenvalue weighted by Crippen LogP contribution is 2.24. The molecule has 2 N–H and O–H groups in total. The molecule has 0 radical (unpaired) electrons. The summed E-state index contributed by atoms with van der Waals surface area (Å²) in [6, 6.07) is 9.48. The van der Waals surface area contributed by atoms with Crippen molar-refractivity contribution in [1.29, 1.82) is 0 Å². The number of primary amides is 1. The molecule has 3 aromatic heterocycles. The first-order chi connectivity index (χ1) is 15.5. The van der Waals surface area contributed by atoms with Crippen LogP contribution in [-0.4, -0.2) is 54.0 Å². The molecule has 0 bridgehead atoms. The van der Waals surface area contributed by atoms with E-state index < -0.39 is 0 Å². The van der Waals surface area contributed by atoms with Crippen molar-refractivity contribution in [3.05, 3.63) is 53.6 Å². The molecule has 1 aliphatic heterocycles. The number of piperidine rings is 1. The highest BCUT2D eigenvalue weighted by atomic mass is 35.5. The van der Waals surface area contributed by atoms with E-state index in [9.17, 15) is 9.59 Å². The Morgan fingerprint density at radius 3 is 2.56 bits per heavy atom. The van der Waals surface area contributed by atoms with Crippen molar-refractivity contribution in [3.8, 4) is 11.3 Å². The largest absolute Gasteiger partial charge is 0.369 e. The summed E-state index contributed by atoms with van der Waals surface area (Å²) in [6.45, 7) is 1.13. The van der Waals surface area contributed by atoms with E-state index in [2.05, 4.69) is 15.3 Å². The summed E-state index contributed by atoms with van der Waals surface area (Å²) in [4.78, 5) is 25.7. The number of nitrogens with two attached hydrogens (primary N) is 1. The molecule has 4 heterocycles. The number of rotatable bonds is 5. The maximum Gasteiger partial charge on any atom is 0.223 e. The van der Waals surface area contributed by atoms with Crippen molar-refractivity contribution in [2.75, 3.05) is 13.1 Å². The predicted molar refractivity (Wildman–Crippen MR) is 119 cm³/mol. The van der Waals surface area contributed by atoms with Crippen LogP contribution >= 0.6 is 11.6 Å². The third kappa shape index (κ3) is 3.80. The van der Waals surface area contributed by atoms with Gasteiger partial charge in [-0.3, -0.25) is 14.0 Å². The molecule has 1 aliphatic rings. The van der Waals surface area contributed by atoms with Crippen molar-refractivity contribution in [1.82, 2.24) is 29.1 Å². The second-order valence-corrected chi connectivity index (χ2v) is 8.47. The van der Waals surface area contributed by atoms with Gasteiger partial charge in [0.2, 0.25) is 11.8 Å². The van der Waals surface area contributed by atoms with Gasteiger partial charge in [0.05, 0.1) is 5.69 Å². The molecular formula is C22H22ClN7O2. The first-order valence-electron chi connectivity index (χ1n) is 10.5. The van der Waals surface area contributed by atoms with Gasteiger partial charge in [-0.1, -0.05) is 23.7 Å². The third-order valence-corrected chi connectivity index (χ3v) is 6.29. The fourth-order valence-electron chi connectivity index (χ4n) is 4.18. The minimum Gasteiger partial charge on any atom is -0.369 e. The second-order valence-electron chi connectivity index (χ2n) is 8.03. The fourth-order valence-corrected chi connectivity index (χ4v) is 4.31. The monoisotopic (exact) mass is 451 g/mol. The van der Waals surface area contributed by atoms with Crippen LogP contribution < -0.4 is 5.73 Å². The molecule has 10 heteroatoms. The lowest BCUT2D eigenvalue weighted by atomic mass is 9.96. The molecule has 1 aromatic carbocycles. The lowest BCUT2D eigenvalue weighted by Gasteiger charge is -2.30. The summed E-state index contributed by atoms with van der Waals surface area (Å²) in [5.74, 6) is 0.366. The average molecular weight is 452 g/mol. The average Bonchev–Trinajstić information content (AvgIpc) is 3.42. The summed E-state index contributed by atoms with van der Waals surface area (Å²) in [7, 11) is 0. The SMILES string of the molecule is NC(=O)C1CCN(C(=O)CCc2nnc3c4cc(-c5ccc(Cl)cc5)nn4ccn23)CC1. The van der Waals surface area contributed by atoms with E-state index in [-0.39, 0.29) is 17.7 Å². The van der Waals surface area contributed by atoms with Crippen LogP contribution in [0, 0.1) is 5.92 Å². The van der Waals surface area contributed by atoms with Crippen LogP contribution in [0.2, 0.25) is 5.02 Å².